The van der Waals surface area contributed by atoms with Crippen molar-refractivity contribution >= 4 is 0 Å². The molecular formula is C18H36. The highest BCUT2D eigenvalue weighted by molar-refractivity contribution is 5.15. The van der Waals surface area contributed by atoms with E-state index >= 15 is 0 Å². The highest BCUT2D eigenvalue weighted by Crippen LogP contribution is 2.26. The standard InChI is InChI=1S/C13H18.C2H6.3CH4/c1-3-7-12(8-4-1)11-13-9-5-2-6-10-13;1-2;;;/h1,3-4,7-8,13H,2,5-6,9-11H2;1-2H3;3*1H4. The summed E-state index contributed by atoms with van der Waals surface area (Å²) in [5.41, 5.74) is 1.52. The third kappa shape index (κ3) is 8.33. The molecule has 0 atom stereocenters. The molecular weight excluding hydrogens is 216 g/mol. The Balaban J connectivity index is -0.000000429. The molecule has 1 aliphatic rings. The monoisotopic (exact) mass is 252 g/mol. The zero-order chi connectivity index (χ0) is 10.9. The van der Waals surface area contributed by atoms with Gasteiger partial charge in [-0.3, -0.25) is 0 Å². The van der Waals surface area contributed by atoms with Gasteiger partial charge in [0.2, 0.25) is 0 Å². The van der Waals surface area contributed by atoms with Crippen LogP contribution in [0.2, 0.25) is 0 Å². The molecule has 1 fully saturated rings. The molecule has 0 unspecified atom stereocenters. The first-order chi connectivity index (χ1) is 7.45. The van der Waals surface area contributed by atoms with Crippen LogP contribution in [0.5, 0.6) is 0 Å². The molecule has 0 amide bonds. The minimum absolute atomic E-state index is 0. The van der Waals surface area contributed by atoms with Crippen molar-refractivity contribution < 1.29 is 0 Å². The van der Waals surface area contributed by atoms with Gasteiger partial charge in [0.1, 0.15) is 0 Å². The lowest BCUT2D eigenvalue weighted by atomic mass is 9.85. The molecule has 0 N–H and O–H groups in total. The van der Waals surface area contributed by atoms with Crippen LogP contribution in [0, 0.1) is 5.92 Å². The smallest absolute Gasteiger partial charge is 0.0250 e. The predicted molar refractivity (Wildman–Crippen MR) is 88.3 cm³/mol. The summed E-state index contributed by atoms with van der Waals surface area (Å²) in [5, 5.41) is 0. The molecule has 0 nitrogen and oxygen atoms in total. The molecule has 108 valence electrons. The van der Waals surface area contributed by atoms with Gasteiger partial charge in [0.05, 0.1) is 0 Å². The molecule has 0 radical (unpaired) electrons. The van der Waals surface area contributed by atoms with Crippen molar-refractivity contribution in [3.63, 3.8) is 0 Å². The summed E-state index contributed by atoms with van der Waals surface area (Å²) in [6.45, 7) is 4.00. The first kappa shape index (κ1) is 22.4. The minimum Gasteiger partial charge on any atom is -0.0776 e. The Bertz CT molecular complexity index is 231. The van der Waals surface area contributed by atoms with Crippen molar-refractivity contribution in [1.29, 1.82) is 0 Å². The minimum atomic E-state index is 0. The second kappa shape index (κ2) is 14.3. The second-order valence-electron chi connectivity index (χ2n) is 4.19. The van der Waals surface area contributed by atoms with E-state index in [9.17, 15) is 0 Å². The Hall–Kier alpha value is -0.780. The van der Waals surface area contributed by atoms with E-state index in [1.165, 1.54) is 44.1 Å². The number of hydrogen-bond acceptors (Lipinski definition) is 0. The number of rotatable bonds is 2. The molecule has 0 saturated heterocycles. The van der Waals surface area contributed by atoms with Gasteiger partial charge in [-0.25, -0.2) is 0 Å². The quantitative estimate of drug-likeness (QED) is 0.546. The van der Waals surface area contributed by atoms with E-state index < -0.39 is 0 Å². The van der Waals surface area contributed by atoms with Crippen LogP contribution in [-0.2, 0) is 6.42 Å². The molecule has 0 spiro atoms. The van der Waals surface area contributed by atoms with Crippen LogP contribution in [0.3, 0.4) is 0 Å². The predicted octanol–water partition coefficient (Wildman–Crippen LogP) is 6.74. The van der Waals surface area contributed by atoms with Crippen LogP contribution in [0.1, 0.15) is 73.8 Å². The van der Waals surface area contributed by atoms with Gasteiger partial charge in [-0.05, 0) is 17.9 Å². The van der Waals surface area contributed by atoms with Gasteiger partial charge in [-0.15, -0.1) is 0 Å². The molecule has 1 aliphatic carbocycles. The van der Waals surface area contributed by atoms with Crippen LogP contribution in [0.25, 0.3) is 0 Å². The number of benzene rings is 1. The van der Waals surface area contributed by atoms with Crippen LogP contribution in [0.4, 0.5) is 0 Å². The molecule has 0 heteroatoms. The van der Waals surface area contributed by atoms with Crippen molar-refractivity contribution in [2.45, 2.75) is 74.7 Å². The van der Waals surface area contributed by atoms with E-state index in [1.54, 1.807) is 0 Å². The zero-order valence-electron chi connectivity index (χ0n) is 10.2. The molecule has 1 aromatic rings. The summed E-state index contributed by atoms with van der Waals surface area (Å²) in [4.78, 5) is 0. The van der Waals surface area contributed by atoms with E-state index in [2.05, 4.69) is 30.3 Å². The lowest BCUT2D eigenvalue weighted by Crippen LogP contribution is -2.08. The van der Waals surface area contributed by atoms with Gasteiger partial charge < -0.3 is 0 Å². The van der Waals surface area contributed by atoms with E-state index in [4.69, 9.17) is 0 Å². The van der Waals surface area contributed by atoms with Gasteiger partial charge in [-0.2, -0.15) is 0 Å². The summed E-state index contributed by atoms with van der Waals surface area (Å²) in [6, 6.07) is 10.9. The summed E-state index contributed by atoms with van der Waals surface area (Å²) in [6.07, 6.45) is 8.59. The fourth-order valence-corrected chi connectivity index (χ4v) is 2.34. The maximum Gasteiger partial charge on any atom is -0.0250 e. The van der Waals surface area contributed by atoms with E-state index in [0.29, 0.717) is 0 Å². The fraction of sp³-hybridized carbons (Fsp3) is 0.667. The average molecular weight is 252 g/mol. The SMILES string of the molecule is C.C.C.CC.c1ccc(CC2CCCCC2)cc1. The van der Waals surface area contributed by atoms with Gasteiger partial charge in [0.25, 0.3) is 0 Å². The van der Waals surface area contributed by atoms with Crippen molar-refractivity contribution in [2.24, 2.45) is 5.92 Å². The fourth-order valence-electron chi connectivity index (χ4n) is 2.34. The van der Waals surface area contributed by atoms with E-state index in [1.807, 2.05) is 13.8 Å². The third-order valence-electron chi connectivity index (χ3n) is 3.09. The normalized spacial score (nSPS) is 13.9. The number of hydrogen-bond donors (Lipinski definition) is 0. The van der Waals surface area contributed by atoms with Gasteiger partial charge in [0, 0.05) is 0 Å². The van der Waals surface area contributed by atoms with Crippen LogP contribution in [0.15, 0.2) is 30.3 Å². The molecule has 0 aliphatic heterocycles. The van der Waals surface area contributed by atoms with Crippen molar-refractivity contribution in [3.8, 4) is 0 Å². The molecule has 0 heterocycles. The Kier molecular flexibility index (Phi) is 17.8. The molecule has 18 heavy (non-hydrogen) atoms. The molecule has 0 aromatic heterocycles. The van der Waals surface area contributed by atoms with Gasteiger partial charge >= 0.3 is 0 Å². The van der Waals surface area contributed by atoms with E-state index in [0.717, 1.165) is 5.92 Å². The third-order valence-corrected chi connectivity index (χ3v) is 3.09. The molecule has 1 saturated carbocycles. The summed E-state index contributed by atoms with van der Waals surface area (Å²) < 4.78 is 0. The van der Waals surface area contributed by atoms with Gasteiger partial charge in [0.15, 0.2) is 0 Å². The Labute approximate surface area is 117 Å². The molecule has 2 rings (SSSR count). The lowest BCUT2D eigenvalue weighted by Gasteiger charge is -2.21. The van der Waals surface area contributed by atoms with Crippen LogP contribution < -0.4 is 0 Å². The van der Waals surface area contributed by atoms with Crippen LogP contribution >= 0.6 is 0 Å². The highest BCUT2D eigenvalue weighted by Gasteiger charge is 2.13. The maximum absolute atomic E-state index is 2.26. The molecule has 1 aromatic carbocycles. The van der Waals surface area contributed by atoms with Gasteiger partial charge in [-0.1, -0.05) is 98.6 Å². The first-order valence-corrected chi connectivity index (χ1v) is 6.49. The second-order valence-corrected chi connectivity index (χ2v) is 4.19. The highest BCUT2D eigenvalue weighted by atomic mass is 14.2. The van der Waals surface area contributed by atoms with Crippen molar-refractivity contribution in [3.05, 3.63) is 35.9 Å². The Morgan fingerprint density at radius 3 is 1.83 bits per heavy atom. The molecule has 0 bridgehead atoms. The Morgan fingerprint density at radius 2 is 1.33 bits per heavy atom. The first-order valence-electron chi connectivity index (χ1n) is 6.49. The topological polar surface area (TPSA) is 0 Å². The van der Waals surface area contributed by atoms with Crippen molar-refractivity contribution in [2.75, 3.05) is 0 Å². The van der Waals surface area contributed by atoms with E-state index in [-0.39, 0.29) is 22.3 Å². The summed E-state index contributed by atoms with van der Waals surface area (Å²) in [7, 11) is 0. The van der Waals surface area contributed by atoms with Crippen molar-refractivity contribution in [1.82, 2.24) is 0 Å². The average Bonchev–Trinajstić information content (AvgIpc) is 2.34. The largest absolute Gasteiger partial charge is 0.0776 e. The summed E-state index contributed by atoms with van der Waals surface area (Å²) in [5.74, 6) is 0.969. The Morgan fingerprint density at radius 1 is 0.833 bits per heavy atom. The maximum atomic E-state index is 2.26. The van der Waals surface area contributed by atoms with Crippen LogP contribution in [-0.4, -0.2) is 0 Å². The summed E-state index contributed by atoms with van der Waals surface area (Å²) >= 11 is 0. The lowest BCUT2D eigenvalue weighted by molar-refractivity contribution is 0.356. The zero-order valence-corrected chi connectivity index (χ0v) is 10.2.